The summed E-state index contributed by atoms with van der Waals surface area (Å²) in [4.78, 5) is 2.45. The topological polar surface area (TPSA) is 21.3 Å². The first-order chi connectivity index (χ1) is 30.7. The van der Waals surface area contributed by atoms with Crippen LogP contribution >= 0.6 is 11.3 Å². The van der Waals surface area contributed by atoms with E-state index < -0.39 is 0 Å². The number of rotatable bonds is 6. The van der Waals surface area contributed by atoms with Crippen LogP contribution in [0.25, 0.3) is 103 Å². The molecule has 13 rings (SSSR count). The first kappa shape index (κ1) is 34.9. The van der Waals surface area contributed by atoms with Crippen LogP contribution in [-0.4, -0.2) is 4.57 Å². The summed E-state index contributed by atoms with van der Waals surface area (Å²) in [6.07, 6.45) is 0. The summed E-state index contributed by atoms with van der Waals surface area (Å²) in [7, 11) is 0. The van der Waals surface area contributed by atoms with Gasteiger partial charge in [0.25, 0.3) is 0 Å². The van der Waals surface area contributed by atoms with Crippen LogP contribution in [0, 0.1) is 0 Å². The predicted octanol–water partition coefficient (Wildman–Crippen LogP) is 17.0. The molecule has 4 heteroatoms. The molecule has 0 unspecified atom stereocenters. The summed E-state index contributed by atoms with van der Waals surface area (Å²) >= 11 is 1.87. The lowest BCUT2D eigenvalue weighted by atomic mass is 9.97. The van der Waals surface area contributed by atoms with Crippen LogP contribution in [0.5, 0.6) is 0 Å². The maximum atomic E-state index is 6.58. The van der Waals surface area contributed by atoms with Crippen LogP contribution in [0.4, 0.5) is 17.1 Å². The van der Waals surface area contributed by atoms with E-state index in [0.717, 1.165) is 61.4 Å². The zero-order valence-corrected chi connectivity index (χ0v) is 34.3. The molecule has 3 heterocycles. The third-order valence-electron chi connectivity index (χ3n) is 12.6. The van der Waals surface area contributed by atoms with E-state index in [1.54, 1.807) is 0 Å². The summed E-state index contributed by atoms with van der Waals surface area (Å²) in [6, 6.07) is 79.3. The molecule has 3 nitrogen and oxygen atoms in total. The minimum Gasteiger partial charge on any atom is -0.455 e. The lowest BCUT2D eigenvalue weighted by Gasteiger charge is -2.29. The summed E-state index contributed by atoms with van der Waals surface area (Å²) < 4.78 is 11.5. The lowest BCUT2D eigenvalue weighted by Crippen LogP contribution is -2.11. The molecule has 0 saturated heterocycles. The van der Waals surface area contributed by atoms with Gasteiger partial charge in [-0.25, -0.2) is 0 Å². The van der Waals surface area contributed by atoms with Gasteiger partial charge in [-0.15, -0.1) is 11.3 Å². The summed E-state index contributed by atoms with van der Waals surface area (Å²) in [6.45, 7) is 0. The van der Waals surface area contributed by atoms with E-state index in [-0.39, 0.29) is 0 Å². The SMILES string of the molecule is c1cc(-c2cccc3c2oc2ccccc23)cc(N(c2ccc3ccccc3c2)c2ccc3c(sc4ccccc43)c2-c2ccc(-n3c4ccccc4c4ccccc43)cc2)c1. The second-order valence-electron chi connectivity index (χ2n) is 16.0. The number of nitrogens with zero attached hydrogens (tertiary/aromatic N) is 2. The van der Waals surface area contributed by atoms with E-state index in [4.69, 9.17) is 4.42 Å². The first-order valence-electron chi connectivity index (χ1n) is 21.1. The Morgan fingerprint density at radius 2 is 1.08 bits per heavy atom. The minimum absolute atomic E-state index is 0.898. The molecule has 0 aliphatic carbocycles. The normalized spacial score (nSPS) is 11.9. The molecule has 3 aromatic heterocycles. The van der Waals surface area contributed by atoms with E-state index in [1.807, 2.05) is 17.4 Å². The summed E-state index contributed by atoms with van der Waals surface area (Å²) in [5, 5.41) is 9.71. The number of benzene rings is 10. The fraction of sp³-hybridized carbons (Fsp3) is 0. The number of para-hydroxylation sites is 4. The average Bonchev–Trinajstić information content (AvgIpc) is 4.02. The number of thiophene rings is 1. The van der Waals surface area contributed by atoms with E-state index in [2.05, 4.69) is 222 Å². The monoisotopic (exact) mass is 808 g/mol. The molecule has 13 aromatic rings. The Morgan fingerprint density at radius 1 is 0.419 bits per heavy atom. The highest BCUT2D eigenvalue weighted by molar-refractivity contribution is 7.26. The number of anilines is 3. The van der Waals surface area contributed by atoms with Gasteiger partial charge < -0.3 is 13.9 Å². The molecule has 0 amide bonds. The Bertz CT molecular complexity index is 3830. The average molecular weight is 809 g/mol. The number of hydrogen-bond acceptors (Lipinski definition) is 3. The molecule has 0 atom stereocenters. The van der Waals surface area contributed by atoms with E-state index in [0.29, 0.717) is 0 Å². The Balaban J connectivity index is 1.05. The Hall–Kier alpha value is -7.92. The fourth-order valence-electron chi connectivity index (χ4n) is 9.75. The van der Waals surface area contributed by atoms with Crippen molar-refractivity contribution in [2.45, 2.75) is 0 Å². The van der Waals surface area contributed by atoms with Gasteiger partial charge in [-0.2, -0.15) is 0 Å². The molecule has 290 valence electrons. The van der Waals surface area contributed by atoms with Gasteiger partial charge in [-0.3, -0.25) is 0 Å². The Morgan fingerprint density at radius 3 is 1.90 bits per heavy atom. The van der Waals surface area contributed by atoms with Gasteiger partial charge in [0.05, 0.1) is 16.7 Å². The van der Waals surface area contributed by atoms with E-state index in [9.17, 15) is 0 Å². The number of fused-ring (bicyclic) bond motifs is 10. The van der Waals surface area contributed by atoms with Gasteiger partial charge in [-0.05, 0) is 88.6 Å². The van der Waals surface area contributed by atoms with Crippen molar-refractivity contribution in [1.82, 2.24) is 4.57 Å². The van der Waals surface area contributed by atoms with Crippen molar-refractivity contribution in [3.8, 4) is 27.9 Å². The number of aromatic nitrogens is 1. The Kier molecular flexibility index (Phi) is 7.78. The smallest absolute Gasteiger partial charge is 0.143 e. The molecule has 0 saturated carbocycles. The van der Waals surface area contributed by atoms with Crippen molar-refractivity contribution in [3.63, 3.8) is 0 Å². The minimum atomic E-state index is 0.898. The van der Waals surface area contributed by atoms with Crippen LogP contribution in [0.2, 0.25) is 0 Å². The van der Waals surface area contributed by atoms with E-state index >= 15 is 0 Å². The van der Waals surface area contributed by atoms with Gasteiger partial charge in [0.1, 0.15) is 11.2 Å². The van der Waals surface area contributed by atoms with Gasteiger partial charge in [-0.1, -0.05) is 152 Å². The maximum Gasteiger partial charge on any atom is 0.143 e. The van der Waals surface area contributed by atoms with E-state index in [1.165, 1.54) is 58.3 Å². The van der Waals surface area contributed by atoms with Crippen molar-refractivity contribution >= 4 is 103 Å². The van der Waals surface area contributed by atoms with Crippen LogP contribution in [0.3, 0.4) is 0 Å². The summed E-state index contributed by atoms with van der Waals surface area (Å²) in [5.41, 5.74) is 13.1. The molecular formula is C58H36N2OS. The molecular weight excluding hydrogens is 773 g/mol. The number of hydrogen-bond donors (Lipinski definition) is 0. The third kappa shape index (κ3) is 5.37. The Labute approximate surface area is 361 Å². The molecule has 0 aliphatic heterocycles. The quantitative estimate of drug-likeness (QED) is 0.167. The highest BCUT2D eigenvalue weighted by Gasteiger charge is 2.23. The molecule has 0 radical (unpaired) electrons. The predicted molar refractivity (Wildman–Crippen MR) is 264 cm³/mol. The van der Waals surface area contributed by atoms with Gasteiger partial charge in [0, 0.05) is 69.9 Å². The van der Waals surface area contributed by atoms with Crippen LogP contribution in [-0.2, 0) is 0 Å². The van der Waals surface area contributed by atoms with Gasteiger partial charge >= 0.3 is 0 Å². The third-order valence-corrected chi connectivity index (χ3v) is 13.8. The largest absolute Gasteiger partial charge is 0.455 e. The van der Waals surface area contributed by atoms with Crippen molar-refractivity contribution < 1.29 is 4.42 Å². The highest BCUT2D eigenvalue weighted by atomic mass is 32.1. The van der Waals surface area contributed by atoms with Gasteiger partial charge in [0.2, 0.25) is 0 Å². The second-order valence-corrected chi connectivity index (χ2v) is 17.1. The zero-order chi connectivity index (χ0) is 40.7. The maximum absolute atomic E-state index is 6.58. The molecule has 0 aliphatic rings. The molecule has 0 N–H and O–H groups in total. The summed E-state index contributed by atoms with van der Waals surface area (Å²) in [5.74, 6) is 0. The van der Waals surface area contributed by atoms with Crippen LogP contribution in [0.1, 0.15) is 0 Å². The zero-order valence-electron chi connectivity index (χ0n) is 33.5. The lowest BCUT2D eigenvalue weighted by molar-refractivity contribution is 0.670. The van der Waals surface area contributed by atoms with Crippen molar-refractivity contribution in [1.29, 1.82) is 0 Å². The van der Waals surface area contributed by atoms with Crippen molar-refractivity contribution in [2.24, 2.45) is 0 Å². The molecule has 0 bridgehead atoms. The number of furan rings is 1. The van der Waals surface area contributed by atoms with Gasteiger partial charge in [0.15, 0.2) is 0 Å². The highest BCUT2D eigenvalue weighted by Crippen LogP contribution is 2.50. The molecule has 0 fully saturated rings. The molecule has 62 heavy (non-hydrogen) atoms. The van der Waals surface area contributed by atoms with Crippen LogP contribution in [0.15, 0.2) is 223 Å². The van der Waals surface area contributed by atoms with Crippen molar-refractivity contribution in [2.75, 3.05) is 4.90 Å². The van der Waals surface area contributed by atoms with Crippen LogP contribution < -0.4 is 4.90 Å². The standard InChI is InChI=1S/C58H36N2OS/c1-2-14-39-35-43(32-27-37(39)13-1)59(42-16-11-15-40(36-42)44-21-12-22-49-47-19-5-9-25-54(47)61-57(44)49)53-34-33-50-48-20-6-10-26-55(48)62-58(50)56(53)38-28-30-41(31-29-38)60-51-23-7-3-17-45(51)46-18-4-8-24-52(46)60/h1-36H. The fourth-order valence-corrected chi connectivity index (χ4v) is 11.0. The first-order valence-corrected chi connectivity index (χ1v) is 21.9. The van der Waals surface area contributed by atoms with Crippen molar-refractivity contribution in [3.05, 3.63) is 218 Å². The molecule has 10 aromatic carbocycles. The second kappa shape index (κ2) is 13.8. The molecule has 0 spiro atoms.